The number of thiazole rings is 1. The van der Waals surface area contributed by atoms with E-state index in [0.717, 1.165) is 0 Å². The van der Waals surface area contributed by atoms with E-state index in [1.165, 1.54) is 23.5 Å². The largest absolute Gasteiger partial charge is 0.480 e. The summed E-state index contributed by atoms with van der Waals surface area (Å²) in [5.41, 5.74) is 1.18. The SMILES string of the molecule is CCC(C)C(NC(=O)Cc1csc(-c2cccc(F)c2)n1)C(=O)O. The van der Waals surface area contributed by atoms with E-state index in [1.54, 1.807) is 24.4 Å². The van der Waals surface area contributed by atoms with Crippen LogP contribution in [0.5, 0.6) is 0 Å². The van der Waals surface area contributed by atoms with Crippen LogP contribution >= 0.6 is 11.3 Å². The van der Waals surface area contributed by atoms with Crippen LogP contribution in [0.25, 0.3) is 10.6 Å². The molecule has 0 bridgehead atoms. The number of carboxylic acids is 1. The first kappa shape index (κ1) is 18.1. The summed E-state index contributed by atoms with van der Waals surface area (Å²) in [7, 11) is 0. The van der Waals surface area contributed by atoms with Gasteiger partial charge in [-0.25, -0.2) is 14.2 Å². The minimum absolute atomic E-state index is 0.00791. The Morgan fingerprint density at radius 2 is 2.17 bits per heavy atom. The van der Waals surface area contributed by atoms with Gasteiger partial charge in [0.15, 0.2) is 0 Å². The van der Waals surface area contributed by atoms with E-state index in [0.29, 0.717) is 22.7 Å². The van der Waals surface area contributed by atoms with Crippen molar-refractivity contribution in [3.05, 3.63) is 41.2 Å². The molecule has 2 aromatic rings. The number of rotatable bonds is 7. The summed E-state index contributed by atoms with van der Waals surface area (Å²) in [5.74, 6) is -1.94. The van der Waals surface area contributed by atoms with Crippen LogP contribution in [-0.2, 0) is 16.0 Å². The molecule has 0 saturated carbocycles. The lowest BCUT2D eigenvalue weighted by Crippen LogP contribution is -2.45. The van der Waals surface area contributed by atoms with E-state index in [2.05, 4.69) is 10.3 Å². The van der Waals surface area contributed by atoms with Gasteiger partial charge in [0.2, 0.25) is 5.91 Å². The molecule has 1 aromatic heterocycles. The van der Waals surface area contributed by atoms with Crippen molar-refractivity contribution in [2.75, 3.05) is 0 Å². The Morgan fingerprint density at radius 1 is 1.42 bits per heavy atom. The number of hydrogen-bond acceptors (Lipinski definition) is 4. The van der Waals surface area contributed by atoms with Gasteiger partial charge in [-0.05, 0) is 18.1 Å². The molecule has 1 aromatic carbocycles. The van der Waals surface area contributed by atoms with Crippen LogP contribution in [0.1, 0.15) is 26.0 Å². The van der Waals surface area contributed by atoms with E-state index >= 15 is 0 Å². The first-order valence-corrected chi connectivity index (χ1v) is 8.51. The Labute approximate surface area is 143 Å². The third-order valence-electron chi connectivity index (χ3n) is 3.76. The van der Waals surface area contributed by atoms with Crippen molar-refractivity contribution >= 4 is 23.2 Å². The third kappa shape index (κ3) is 4.61. The fourth-order valence-electron chi connectivity index (χ4n) is 2.21. The van der Waals surface area contributed by atoms with E-state index in [1.807, 2.05) is 6.92 Å². The average molecular weight is 350 g/mol. The van der Waals surface area contributed by atoms with Crippen LogP contribution in [0.2, 0.25) is 0 Å². The van der Waals surface area contributed by atoms with Crippen molar-refractivity contribution in [3.8, 4) is 10.6 Å². The van der Waals surface area contributed by atoms with Crippen molar-refractivity contribution in [1.29, 1.82) is 0 Å². The molecule has 128 valence electrons. The zero-order valence-electron chi connectivity index (χ0n) is 13.5. The zero-order valence-corrected chi connectivity index (χ0v) is 14.3. The molecule has 0 aliphatic carbocycles. The average Bonchev–Trinajstić information content (AvgIpc) is 3.00. The fourth-order valence-corrected chi connectivity index (χ4v) is 3.03. The second-order valence-corrected chi connectivity index (χ2v) is 6.46. The van der Waals surface area contributed by atoms with Gasteiger partial charge in [-0.2, -0.15) is 0 Å². The predicted octanol–water partition coefficient (Wildman–Crippen LogP) is 3.11. The van der Waals surface area contributed by atoms with Gasteiger partial charge in [-0.1, -0.05) is 32.4 Å². The van der Waals surface area contributed by atoms with Crippen molar-refractivity contribution in [2.45, 2.75) is 32.7 Å². The molecule has 0 aliphatic rings. The highest BCUT2D eigenvalue weighted by molar-refractivity contribution is 7.13. The molecule has 2 unspecified atom stereocenters. The number of nitrogens with zero attached hydrogens (tertiary/aromatic N) is 1. The van der Waals surface area contributed by atoms with Crippen LogP contribution in [0.4, 0.5) is 4.39 Å². The van der Waals surface area contributed by atoms with Gasteiger partial charge in [-0.3, -0.25) is 4.79 Å². The summed E-state index contributed by atoms with van der Waals surface area (Å²) in [5, 5.41) is 14.1. The van der Waals surface area contributed by atoms with Crippen molar-refractivity contribution < 1.29 is 19.1 Å². The maximum Gasteiger partial charge on any atom is 0.326 e. The summed E-state index contributed by atoms with van der Waals surface area (Å²) >= 11 is 1.32. The van der Waals surface area contributed by atoms with Crippen molar-refractivity contribution in [3.63, 3.8) is 0 Å². The topological polar surface area (TPSA) is 79.3 Å². The zero-order chi connectivity index (χ0) is 17.7. The van der Waals surface area contributed by atoms with Gasteiger partial charge in [0, 0.05) is 10.9 Å². The Kier molecular flexibility index (Phi) is 6.03. The second kappa shape index (κ2) is 8.01. The monoisotopic (exact) mass is 350 g/mol. The molecule has 0 radical (unpaired) electrons. The maximum atomic E-state index is 13.3. The summed E-state index contributed by atoms with van der Waals surface area (Å²) in [4.78, 5) is 27.6. The summed E-state index contributed by atoms with van der Waals surface area (Å²) < 4.78 is 13.3. The molecule has 1 amide bonds. The molecule has 7 heteroatoms. The highest BCUT2D eigenvalue weighted by Crippen LogP contribution is 2.24. The number of carbonyl (C=O) groups is 2. The fraction of sp³-hybridized carbons (Fsp3) is 0.353. The number of hydrogen-bond donors (Lipinski definition) is 2. The molecule has 2 atom stereocenters. The standard InChI is InChI=1S/C17H19FN2O3S/c1-3-10(2)15(17(22)23)20-14(21)8-13-9-24-16(19-13)11-5-4-6-12(18)7-11/h4-7,9-10,15H,3,8H2,1-2H3,(H,20,21)(H,22,23). The lowest BCUT2D eigenvalue weighted by atomic mass is 9.99. The normalized spacial score (nSPS) is 13.3. The quantitative estimate of drug-likeness (QED) is 0.804. The molecular weight excluding hydrogens is 331 g/mol. The van der Waals surface area contributed by atoms with E-state index in [4.69, 9.17) is 0 Å². The first-order chi connectivity index (χ1) is 11.4. The lowest BCUT2D eigenvalue weighted by molar-refractivity contribution is -0.143. The van der Waals surface area contributed by atoms with Crippen LogP contribution in [-0.4, -0.2) is 28.0 Å². The smallest absolute Gasteiger partial charge is 0.326 e. The number of benzene rings is 1. The lowest BCUT2D eigenvalue weighted by Gasteiger charge is -2.19. The number of aromatic nitrogens is 1. The maximum absolute atomic E-state index is 13.3. The molecule has 0 saturated heterocycles. The number of amides is 1. The first-order valence-electron chi connectivity index (χ1n) is 7.63. The minimum Gasteiger partial charge on any atom is -0.480 e. The Morgan fingerprint density at radius 3 is 2.79 bits per heavy atom. The van der Waals surface area contributed by atoms with Gasteiger partial charge in [0.25, 0.3) is 0 Å². The van der Waals surface area contributed by atoms with E-state index in [-0.39, 0.29) is 18.2 Å². The van der Waals surface area contributed by atoms with Gasteiger partial charge in [0.05, 0.1) is 12.1 Å². The third-order valence-corrected chi connectivity index (χ3v) is 4.70. The van der Waals surface area contributed by atoms with Gasteiger partial charge >= 0.3 is 5.97 Å². The summed E-state index contributed by atoms with van der Waals surface area (Å²) in [6.45, 7) is 3.66. The van der Waals surface area contributed by atoms with Gasteiger partial charge in [-0.15, -0.1) is 11.3 Å². The van der Waals surface area contributed by atoms with Crippen LogP contribution in [0, 0.1) is 11.7 Å². The van der Waals surface area contributed by atoms with Crippen molar-refractivity contribution in [2.24, 2.45) is 5.92 Å². The van der Waals surface area contributed by atoms with E-state index < -0.39 is 17.9 Å². The molecule has 0 spiro atoms. The van der Waals surface area contributed by atoms with Crippen LogP contribution in [0.15, 0.2) is 29.6 Å². The number of halogens is 1. The molecule has 2 N–H and O–H groups in total. The Bertz CT molecular complexity index is 732. The Balaban J connectivity index is 2.03. The Hall–Kier alpha value is -2.28. The summed E-state index contributed by atoms with van der Waals surface area (Å²) in [6.07, 6.45) is 0.643. The molecule has 24 heavy (non-hydrogen) atoms. The molecule has 0 fully saturated rings. The van der Waals surface area contributed by atoms with Gasteiger partial charge in [0.1, 0.15) is 16.9 Å². The number of nitrogens with one attached hydrogen (secondary N) is 1. The molecule has 2 rings (SSSR count). The highest BCUT2D eigenvalue weighted by atomic mass is 32.1. The minimum atomic E-state index is -1.04. The number of carbonyl (C=O) groups excluding carboxylic acids is 1. The van der Waals surface area contributed by atoms with E-state index in [9.17, 15) is 19.1 Å². The van der Waals surface area contributed by atoms with Crippen LogP contribution in [0.3, 0.4) is 0 Å². The number of aliphatic carboxylic acids is 1. The number of carboxylic acid groups (broad SMARTS) is 1. The van der Waals surface area contributed by atoms with Crippen molar-refractivity contribution in [1.82, 2.24) is 10.3 Å². The summed E-state index contributed by atoms with van der Waals surface area (Å²) in [6, 6.07) is 5.17. The molecular formula is C17H19FN2O3S. The molecule has 5 nitrogen and oxygen atoms in total. The highest BCUT2D eigenvalue weighted by Gasteiger charge is 2.25. The molecule has 1 heterocycles. The van der Waals surface area contributed by atoms with Crippen LogP contribution < -0.4 is 5.32 Å². The predicted molar refractivity (Wildman–Crippen MR) is 90.2 cm³/mol. The van der Waals surface area contributed by atoms with Gasteiger partial charge < -0.3 is 10.4 Å². The molecule has 0 aliphatic heterocycles. The second-order valence-electron chi connectivity index (χ2n) is 5.60.